The van der Waals surface area contributed by atoms with Crippen molar-refractivity contribution in [3.8, 4) is 0 Å². The maximum atomic E-state index is 13.4. The number of carboxylic acids is 1. The SMILES string of the molecule is CC(=O)O[C@@H]1C[C@@]2(C)[C@@H](CC[C@]2(O)C(=O)COC(=O)CCC(=O)O)[C@@H]2C[C@H](C)C3=CC(=O)CC[C@]3(C)[C@H]21. The predicted molar refractivity (Wildman–Crippen MR) is 130 cm³/mol. The normalized spacial score (nSPS) is 40.5. The van der Waals surface area contributed by atoms with Gasteiger partial charge in [-0.2, -0.15) is 0 Å². The van der Waals surface area contributed by atoms with Crippen LogP contribution in [0.25, 0.3) is 0 Å². The van der Waals surface area contributed by atoms with E-state index in [1.165, 1.54) is 6.92 Å². The predicted octanol–water partition coefficient (Wildman–Crippen LogP) is 3.01. The van der Waals surface area contributed by atoms with Crippen molar-refractivity contribution in [3.63, 3.8) is 0 Å². The number of allylic oxidation sites excluding steroid dienone is 1. The van der Waals surface area contributed by atoms with E-state index in [4.69, 9.17) is 14.6 Å². The minimum absolute atomic E-state index is 0.0144. The quantitative estimate of drug-likeness (QED) is 0.486. The van der Waals surface area contributed by atoms with Gasteiger partial charge in [0.2, 0.25) is 5.78 Å². The van der Waals surface area contributed by atoms with Crippen LogP contribution in [0.3, 0.4) is 0 Å². The molecule has 0 amide bonds. The minimum atomic E-state index is -1.77. The van der Waals surface area contributed by atoms with Gasteiger partial charge in [-0.05, 0) is 61.3 Å². The van der Waals surface area contributed by atoms with Crippen molar-refractivity contribution in [2.24, 2.45) is 34.5 Å². The molecule has 4 rings (SSSR count). The maximum Gasteiger partial charge on any atom is 0.306 e. The van der Waals surface area contributed by atoms with E-state index in [1.54, 1.807) is 6.08 Å². The second-order valence-electron chi connectivity index (χ2n) is 12.1. The van der Waals surface area contributed by atoms with Gasteiger partial charge >= 0.3 is 17.9 Å². The summed E-state index contributed by atoms with van der Waals surface area (Å²) in [5, 5.41) is 20.6. The van der Waals surface area contributed by atoms with Crippen LogP contribution in [0.1, 0.15) is 79.1 Å². The number of hydrogen-bond acceptors (Lipinski definition) is 8. The molecule has 0 aromatic heterocycles. The first kappa shape index (κ1) is 27.5. The van der Waals surface area contributed by atoms with Gasteiger partial charge in [0.05, 0.1) is 12.8 Å². The summed E-state index contributed by atoms with van der Waals surface area (Å²) in [6.45, 7) is 6.90. The van der Waals surface area contributed by atoms with Gasteiger partial charge in [-0.25, -0.2) is 0 Å². The minimum Gasteiger partial charge on any atom is -0.481 e. The van der Waals surface area contributed by atoms with Gasteiger partial charge in [0, 0.05) is 24.7 Å². The average Bonchev–Trinajstić information content (AvgIpc) is 3.08. The van der Waals surface area contributed by atoms with Crippen LogP contribution in [0.4, 0.5) is 0 Å². The summed E-state index contributed by atoms with van der Waals surface area (Å²) in [5.74, 6) is -2.68. The highest BCUT2D eigenvalue weighted by molar-refractivity contribution is 5.92. The van der Waals surface area contributed by atoms with Crippen molar-refractivity contribution in [2.45, 2.75) is 90.8 Å². The summed E-state index contributed by atoms with van der Waals surface area (Å²) >= 11 is 0. The smallest absolute Gasteiger partial charge is 0.306 e. The molecule has 3 saturated carbocycles. The summed E-state index contributed by atoms with van der Waals surface area (Å²) in [7, 11) is 0. The number of hydrogen-bond donors (Lipinski definition) is 2. The number of Topliss-reactive ketones (excluding diaryl/α,β-unsaturated/α-hetero) is 1. The number of ketones is 2. The van der Waals surface area contributed by atoms with Gasteiger partial charge in [0.25, 0.3) is 0 Å². The third-order valence-corrected chi connectivity index (χ3v) is 10.0. The Bertz CT molecular complexity index is 1050. The zero-order chi connectivity index (χ0) is 27.3. The Kier molecular flexibility index (Phi) is 7.16. The van der Waals surface area contributed by atoms with Crippen LogP contribution >= 0.6 is 0 Å². The number of aliphatic hydroxyl groups is 1. The van der Waals surface area contributed by atoms with Gasteiger partial charge in [0.1, 0.15) is 11.7 Å². The average molecular weight is 519 g/mol. The topological polar surface area (TPSA) is 144 Å². The van der Waals surface area contributed by atoms with E-state index in [-0.39, 0.29) is 47.7 Å². The third-order valence-electron chi connectivity index (χ3n) is 10.0. The van der Waals surface area contributed by atoms with Gasteiger partial charge in [0.15, 0.2) is 12.4 Å². The van der Waals surface area contributed by atoms with Gasteiger partial charge in [-0.15, -0.1) is 0 Å². The molecule has 0 aromatic carbocycles. The Labute approximate surface area is 217 Å². The molecule has 0 saturated heterocycles. The van der Waals surface area contributed by atoms with E-state index in [0.29, 0.717) is 25.7 Å². The molecule has 0 bridgehead atoms. The molecule has 3 fully saturated rings. The summed E-state index contributed by atoms with van der Waals surface area (Å²) in [4.78, 5) is 60.5. The molecular weight excluding hydrogens is 480 g/mol. The van der Waals surface area contributed by atoms with Crippen LogP contribution in [0, 0.1) is 34.5 Å². The Balaban J connectivity index is 1.64. The Hall–Kier alpha value is -2.55. The van der Waals surface area contributed by atoms with Gasteiger partial charge in [-0.1, -0.05) is 26.3 Å². The number of esters is 2. The molecule has 9 heteroatoms. The van der Waals surface area contributed by atoms with Crippen molar-refractivity contribution in [1.82, 2.24) is 0 Å². The molecule has 0 radical (unpaired) electrons. The standard InChI is InChI=1S/C28H38O9/c1-15-11-18-19-8-10-28(35,22(31)14-36-24(34)6-5-23(32)33)27(19,4)13-21(37-16(2)29)25(18)26(3)9-7-17(30)12-20(15)26/h12,15,18-19,21,25,35H,5-11,13-14H2,1-4H3,(H,32,33)/t15-,18-,19-,21+,25+,26-,27-,28-/m0/s1. The van der Waals surface area contributed by atoms with E-state index >= 15 is 0 Å². The summed E-state index contributed by atoms with van der Waals surface area (Å²) in [6.07, 6.45) is 3.51. The van der Waals surface area contributed by atoms with Crippen LogP contribution in [-0.2, 0) is 33.4 Å². The second-order valence-corrected chi connectivity index (χ2v) is 12.1. The van der Waals surface area contributed by atoms with Crippen LogP contribution in [-0.4, -0.2) is 58.0 Å². The van der Waals surface area contributed by atoms with Crippen molar-refractivity contribution in [1.29, 1.82) is 0 Å². The lowest BCUT2D eigenvalue weighted by Crippen LogP contribution is -2.63. The van der Waals surface area contributed by atoms with E-state index in [2.05, 4.69) is 13.8 Å². The highest BCUT2D eigenvalue weighted by Crippen LogP contribution is 2.68. The van der Waals surface area contributed by atoms with Crippen molar-refractivity contribution < 1.29 is 43.7 Å². The fourth-order valence-corrected chi connectivity index (χ4v) is 8.42. The van der Waals surface area contributed by atoms with Crippen LogP contribution < -0.4 is 0 Å². The monoisotopic (exact) mass is 518 g/mol. The van der Waals surface area contributed by atoms with Crippen LogP contribution in [0.5, 0.6) is 0 Å². The van der Waals surface area contributed by atoms with E-state index in [1.807, 2.05) is 6.92 Å². The van der Waals surface area contributed by atoms with E-state index in [0.717, 1.165) is 12.0 Å². The number of fused-ring (bicyclic) bond motifs is 5. The zero-order valence-electron chi connectivity index (χ0n) is 22.1. The first-order chi connectivity index (χ1) is 17.2. The van der Waals surface area contributed by atoms with E-state index < -0.39 is 53.8 Å². The Morgan fingerprint density at radius 2 is 1.84 bits per heavy atom. The number of carboxylic acid groups (broad SMARTS) is 1. The van der Waals surface area contributed by atoms with Crippen molar-refractivity contribution in [3.05, 3.63) is 11.6 Å². The van der Waals surface area contributed by atoms with E-state index in [9.17, 15) is 29.1 Å². The lowest BCUT2D eigenvalue weighted by molar-refractivity contribution is -0.198. The zero-order valence-corrected chi connectivity index (χ0v) is 22.1. The summed E-state index contributed by atoms with van der Waals surface area (Å²) in [5.41, 5.74) is -1.87. The lowest BCUT2D eigenvalue weighted by atomic mass is 9.44. The molecule has 9 nitrogen and oxygen atoms in total. The Morgan fingerprint density at radius 3 is 2.49 bits per heavy atom. The molecule has 8 atom stereocenters. The van der Waals surface area contributed by atoms with Crippen molar-refractivity contribution >= 4 is 29.5 Å². The largest absolute Gasteiger partial charge is 0.481 e. The number of carbonyl (C=O) groups is 5. The molecule has 0 aromatic rings. The maximum absolute atomic E-state index is 13.4. The van der Waals surface area contributed by atoms with Crippen LogP contribution in [0.15, 0.2) is 11.6 Å². The molecule has 2 N–H and O–H groups in total. The Morgan fingerprint density at radius 1 is 1.14 bits per heavy atom. The molecule has 0 heterocycles. The van der Waals surface area contributed by atoms with Crippen LogP contribution in [0.2, 0.25) is 0 Å². The number of carbonyl (C=O) groups excluding carboxylic acids is 4. The van der Waals surface area contributed by atoms with Gasteiger partial charge < -0.3 is 19.7 Å². The fourth-order valence-electron chi connectivity index (χ4n) is 8.42. The highest BCUT2D eigenvalue weighted by atomic mass is 16.5. The number of aliphatic carboxylic acids is 1. The first-order valence-corrected chi connectivity index (χ1v) is 13.3. The second kappa shape index (κ2) is 9.64. The summed E-state index contributed by atoms with van der Waals surface area (Å²) in [6, 6.07) is 0. The number of rotatable bonds is 7. The third kappa shape index (κ3) is 4.53. The molecule has 4 aliphatic rings. The molecule has 37 heavy (non-hydrogen) atoms. The summed E-state index contributed by atoms with van der Waals surface area (Å²) < 4.78 is 11.0. The molecule has 4 aliphatic carbocycles. The molecular formula is C28H38O9. The van der Waals surface area contributed by atoms with Crippen molar-refractivity contribution in [2.75, 3.05) is 6.61 Å². The van der Waals surface area contributed by atoms with Gasteiger partial charge in [-0.3, -0.25) is 24.0 Å². The fraction of sp³-hybridized carbons (Fsp3) is 0.750. The molecule has 0 spiro atoms. The highest BCUT2D eigenvalue weighted by Gasteiger charge is 2.69. The molecule has 204 valence electrons. The lowest BCUT2D eigenvalue weighted by Gasteiger charge is -2.62. The molecule has 0 aliphatic heterocycles. The number of ether oxygens (including phenoxy) is 2. The first-order valence-electron chi connectivity index (χ1n) is 13.3. The molecule has 0 unspecified atom stereocenters.